The molecule has 4 rings (SSSR count). The molecule has 0 aliphatic heterocycles. The first-order valence-electron chi connectivity index (χ1n) is 9.40. The van der Waals surface area contributed by atoms with Gasteiger partial charge < -0.3 is 14.5 Å². The average Bonchev–Trinajstić information content (AvgIpc) is 3.44. The van der Waals surface area contributed by atoms with Crippen LogP contribution in [-0.4, -0.2) is 33.5 Å². The summed E-state index contributed by atoms with van der Waals surface area (Å²) in [6.07, 6.45) is 1.61. The number of furan rings is 1. The minimum atomic E-state index is -0.357. The third kappa shape index (κ3) is 5.13. The highest BCUT2D eigenvalue weighted by Crippen LogP contribution is 2.27. The van der Waals surface area contributed by atoms with E-state index in [0.717, 1.165) is 17.1 Å². The van der Waals surface area contributed by atoms with E-state index in [2.05, 4.69) is 15.5 Å². The fraction of sp³-hybridized carbons (Fsp3) is 0.136. The van der Waals surface area contributed by atoms with Gasteiger partial charge in [0.25, 0.3) is 0 Å². The van der Waals surface area contributed by atoms with Crippen molar-refractivity contribution >= 4 is 23.4 Å². The van der Waals surface area contributed by atoms with Gasteiger partial charge in [-0.2, -0.15) is 0 Å². The van der Waals surface area contributed by atoms with Crippen molar-refractivity contribution in [3.8, 4) is 17.1 Å². The van der Waals surface area contributed by atoms with Gasteiger partial charge in [0.05, 0.1) is 25.7 Å². The summed E-state index contributed by atoms with van der Waals surface area (Å²) >= 11 is 1.26. The predicted molar refractivity (Wildman–Crippen MR) is 116 cm³/mol. The number of amides is 1. The molecular formula is C22H19FN4O3S. The van der Waals surface area contributed by atoms with Crippen molar-refractivity contribution in [2.24, 2.45) is 0 Å². The van der Waals surface area contributed by atoms with Crippen molar-refractivity contribution in [1.82, 2.24) is 14.8 Å². The highest BCUT2D eigenvalue weighted by molar-refractivity contribution is 7.99. The van der Waals surface area contributed by atoms with Crippen molar-refractivity contribution in [2.75, 3.05) is 18.2 Å². The van der Waals surface area contributed by atoms with E-state index in [0.29, 0.717) is 23.2 Å². The zero-order valence-electron chi connectivity index (χ0n) is 16.6. The van der Waals surface area contributed by atoms with E-state index >= 15 is 0 Å². The normalized spacial score (nSPS) is 10.8. The number of anilines is 1. The predicted octanol–water partition coefficient (Wildman–Crippen LogP) is 4.46. The van der Waals surface area contributed by atoms with E-state index in [1.165, 1.54) is 36.0 Å². The summed E-state index contributed by atoms with van der Waals surface area (Å²) in [6, 6.07) is 16.8. The van der Waals surface area contributed by atoms with E-state index < -0.39 is 0 Å². The Kier molecular flexibility index (Phi) is 6.32. The van der Waals surface area contributed by atoms with Crippen LogP contribution < -0.4 is 10.1 Å². The number of ether oxygens (including phenoxy) is 1. The highest BCUT2D eigenvalue weighted by Gasteiger charge is 2.17. The maximum atomic E-state index is 13.0. The molecule has 2 aromatic carbocycles. The lowest BCUT2D eigenvalue weighted by atomic mass is 10.2. The molecule has 4 aromatic rings. The average molecular weight is 438 g/mol. The Morgan fingerprint density at radius 1 is 1.13 bits per heavy atom. The summed E-state index contributed by atoms with van der Waals surface area (Å²) in [7, 11) is 1.61. The van der Waals surface area contributed by atoms with Gasteiger partial charge in [-0.15, -0.1) is 10.2 Å². The Morgan fingerprint density at radius 3 is 2.58 bits per heavy atom. The Bertz CT molecular complexity index is 1140. The van der Waals surface area contributed by atoms with Gasteiger partial charge in [0.15, 0.2) is 11.0 Å². The molecule has 0 aliphatic rings. The Labute approximate surface area is 182 Å². The molecule has 0 bridgehead atoms. The lowest BCUT2D eigenvalue weighted by molar-refractivity contribution is -0.113. The maximum absolute atomic E-state index is 13.0. The summed E-state index contributed by atoms with van der Waals surface area (Å²) in [4.78, 5) is 12.3. The van der Waals surface area contributed by atoms with Crippen LogP contribution in [0.25, 0.3) is 11.4 Å². The SMILES string of the molecule is COc1ccc(-c2nnc(SCC(=O)Nc3ccc(F)cc3)n2Cc2ccco2)cc1. The molecule has 0 saturated carbocycles. The molecule has 31 heavy (non-hydrogen) atoms. The number of thioether (sulfide) groups is 1. The molecule has 1 amide bonds. The number of methoxy groups -OCH3 is 1. The smallest absolute Gasteiger partial charge is 0.234 e. The number of nitrogens with zero attached hydrogens (tertiary/aromatic N) is 3. The largest absolute Gasteiger partial charge is 0.497 e. The quantitative estimate of drug-likeness (QED) is 0.409. The number of carbonyl (C=O) groups is 1. The lowest BCUT2D eigenvalue weighted by Gasteiger charge is -2.09. The highest BCUT2D eigenvalue weighted by atomic mass is 32.2. The van der Waals surface area contributed by atoms with Crippen molar-refractivity contribution in [3.63, 3.8) is 0 Å². The van der Waals surface area contributed by atoms with Crippen LogP contribution in [0.2, 0.25) is 0 Å². The number of hydrogen-bond acceptors (Lipinski definition) is 6. The fourth-order valence-electron chi connectivity index (χ4n) is 2.91. The molecular weight excluding hydrogens is 419 g/mol. The minimum absolute atomic E-state index is 0.121. The van der Waals surface area contributed by atoms with Gasteiger partial charge in [0.2, 0.25) is 5.91 Å². The van der Waals surface area contributed by atoms with Gasteiger partial charge >= 0.3 is 0 Å². The molecule has 0 radical (unpaired) electrons. The van der Waals surface area contributed by atoms with E-state index in [4.69, 9.17) is 9.15 Å². The Morgan fingerprint density at radius 2 is 1.90 bits per heavy atom. The molecule has 9 heteroatoms. The summed E-state index contributed by atoms with van der Waals surface area (Å²) in [5, 5.41) is 11.9. The molecule has 0 saturated heterocycles. The lowest BCUT2D eigenvalue weighted by Crippen LogP contribution is -2.14. The van der Waals surface area contributed by atoms with Crippen LogP contribution >= 0.6 is 11.8 Å². The summed E-state index contributed by atoms with van der Waals surface area (Å²) in [6.45, 7) is 0.420. The van der Waals surface area contributed by atoms with Crippen molar-refractivity contribution in [3.05, 3.63) is 78.5 Å². The third-order valence-electron chi connectivity index (χ3n) is 4.42. The number of rotatable bonds is 8. The van der Waals surface area contributed by atoms with Crippen LogP contribution in [-0.2, 0) is 11.3 Å². The number of benzene rings is 2. The van der Waals surface area contributed by atoms with Gasteiger partial charge in [0, 0.05) is 11.3 Å². The molecule has 1 N–H and O–H groups in total. The van der Waals surface area contributed by atoms with Crippen molar-refractivity contribution in [2.45, 2.75) is 11.7 Å². The monoisotopic (exact) mass is 438 g/mol. The van der Waals surface area contributed by atoms with E-state index in [-0.39, 0.29) is 17.5 Å². The van der Waals surface area contributed by atoms with Crippen LogP contribution in [0.3, 0.4) is 0 Å². The van der Waals surface area contributed by atoms with Gasteiger partial charge in [-0.25, -0.2) is 4.39 Å². The second-order valence-electron chi connectivity index (χ2n) is 6.54. The molecule has 7 nitrogen and oxygen atoms in total. The van der Waals surface area contributed by atoms with E-state index in [1.807, 2.05) is 41.0 Å². The molecule has 2 heterocycles. The second kappa shape index (κ2) is 9.48. The first-order chi connectivity index (χ1) is 15.1. The zero-order chi connectivity index (χ0) is 21.6. The van der Waals surface area contributed by atoms with E-state index in [9.17, 15) is 9.18 Å². The summed E-state index contributed by atoms with van der Waals surface area (Å²) in [5.74, 6) is 1.68. The molecule has 2 aromatic heterocycles. The summed E-state index contributed by atoms with van der Waals surface area (Å²) in [5.41, 5.74) is 1.39. The summed E-state index contributed by atoms with van der Waals surface area (Å²) < 4.78 is 25.6. The minimum Gasteiger partial charge on any atom is -0.497 e. The van der Waals surface area contributed by atoms with Crippen LogP contribution in [0.1, 0.15) is 5.76 Å². The topological polar surface area (TPSA) is 82.2 Å². The molecule has 0 unspecified atom stereocenters. The fourth-order valence-corrected chi connectivity index (χ4v) is 3.65. The third-order valence-corrected chi connectivity index (χ3v) is 5.39. The van der Waals surface area contributed by atoms with Crippen molar-refractivity contribution in [1.29, 1.82) is 0 Å². The van der Waals surface area contributed by atoms with Crippen LogP contribution in [0.15, 0.2) is 76.5 Å². The number of halogens is 1. The maximum Gasteiger partial charge on any atom is 0.234 e. The zero-order valence-corrected chi connectivity index (χ0v) is 17.4. The molecule has 0 fully saturated rings. The number of carbonyl (C=O) groups excluding carboxylic acids is 1. The second-order valence-corrected chi connectivity index (χ2v) is 7.49. The number of nitrogens with one attached hydrogen (secondary N) is 1. The molecule has 0 aliphatic carbocycles. The van der Waals surface area contributed by atoms with Crippen LogP contribution in [0.5, 0.6) is 5.75 Å². The van der Waals surface area contributed by atoms with Gasteiger partial charge in [0.1, 0.15) is 17.3 Å². The molecule has 0 spiro atoms. The van der Waals surface area contributed by atoms with Crippen molar-refractivity contribution < 1.29 is 18.3 Å². The first-order valence-corrected chi connectivity index (χ1v) is 10.4. The van der Waals surface area contributed by atoms with Gasteiger partial charge in [-0.3, -0.25) is 9.36 Å². The van der Waals surface area contributed by atoms with E-state index in [1.54, 1.807) is 13.4 Å². The van der Waals surface area contributed by atoms with Crippen LogP contribution in [0.4, 0.5) is 10.1 Å². The van der Waals surface area contributed by atoms with Crippen LogP contribution in [0, 0.1) is 5.82 Å². The Hall–Kier alpha value is -3.59. The number of aromatic nitrogens is 3. The Balaban J connectivity index is 1.52. The van der Waals surface area contributed by atoms with Gasteiger partial charge in [-0.05, 0) is 60.7 Å². The molecule has 158 valence electrons. The van der Waals surface area contributed by atoms with Gasteiger partial charge in [-0.1, -0.05) is 11.8 Å². The standard InChI is InChI=1S/C22H19FN4O3S/c1-29-18-10-4-15(5-11-18)21-25-26-22(27(21)13-19-3-2-12-30-19)31-14-20(28)24-17-8-6-16(23)7-9-17/h2-12H,13-14H2,1H3,(H,24,28). The number of hydrogen-bond donors (Lipinski definition) is 1. The molecule has 0 atom stereocenters. The first kappa shape index (κ1) is 20.7.